The summed E-state index contributed by atoms with van der Waals surface area (Å²) in [5.41, 5.74) is 6.86. The Balaban J connectivity index is 2.67. The molecule has 0 spiro atoms. The van der Waals surface area contributed by atoms with Gasteiger partial charge in [-0.15, -0.1) is 0 Å². The van der Waals surface area contributed by atoms with Crippen molar-refractivity contribution in [2.24, 2.45) is 5.41 Å². The summed E-state index contributed by atoms with van der Waals surface area (Å²) in [6, 6.07) is 0. The van der Waals surface area contributed by atoms with Crippen molar-refractivity contribution < 1.29 is 4.79 Å². The summed E-state index contributed by atoms with van der Waals surface area (Å²) in [4.78, 5) is 11.9. The minimum atomic E-state index is -0.162. The van der Waals surface area contributed by atoms with Crippen LogP contribution in [0.3, 0.4) is 0 Å². The molecule has 0 unspecified atom stereocenters. The number of amides is 1. The van der Waals surface area contributed by atoms with Crippen LogP contribution in [-0.4, -0.2) is 22.6 Å². The van der Waals surface area contributed by atoms with E-state index in [1.165, 1.54) is 0 Å². The molecule has 90 valence electrons. The molecule has 16 heavy (non-hydrogen) atoms. The van der Waals surface area contributed by atoms with Crippen molar-refractivity contribution in [1.29, 1.82) is 0 Å². The molecule has 1 aromatic heterocycles. The topological polar surface area (TPSA) is 83.8 Å². The molecule has 0 radical (unpaired) electrons. The third-order valence-electron chi connectivity index (χ3n) is 2.89. The number of aryl methyl sites for hydroxylation is 1. The van der Waals surface area contributed by atoms with E-state index in [1.54, 1.807) is 6.92 Å². The molecule has 5 heteroatoms. The summed E-state index contributed by atoms with van der Waals surface area (Å²) < 4.78 is 0. The van der Waals surface area contributed by atoms with Gasteiger partial charge in [0, 0.05) is 12.2 Å². The Morgan fingerprint density at radius 3 is 2.62 bits per heavy atom. The van der Waals surface area contributed by atoms with Crippen LogP contribution < -0.4 is 11.1 Å². The second-order valence-electron chi connectivity index (χ2n) is 4.81. The SMILES string of the molecule is CCC(C)(C)CNC(=O)c1c(N)n[nH]c1C. The van der Waals surface area contributed by atoms with Crippen molar-refractivity contribution in [1.82, 2.24) is 15.5 Å². The lowest BCUT2D eigenvalue weighted by molar-refractivity contribution is 0.0936. The normalized spacial score (nSPS) is 11.5. The number of aromatic nitrogens is 2. The standard InChI is InChI=1S/C11H20N4O/c1-5-11(3,4)6-13-10(16)8-7(2)14-15-9(8)12/h5-6H2,1-4H3,(H,13,16)(H3,12,14,15). The van der Waals surface area contributed by atoms with E-state index in [2.05, 4.69) is 36.3 Å². The first-order valence-electron chi connectivity index (χ1n) is 5.46. The summed E-state index contributed by atoms with van der Waals surface area (Å²) in [7, 11) is 0. The zero-order valence-corrected chi connectivity index (χ0v) is 10.3. The molecule has 0 aromatic carbocycles. The fraction of sp³-hybridized carbons (Fsp3) is 0.636. The summed E-state index contributed by atoms with van der Waals surface area (Å²) in [5, 5.41) is 9.37. The minimum absolute atomic E-state index is 0.0993. The van der Waals surface area contributed by atoms with Crippen LogP contribution in [0.5, 0.6) is 0 Å². The minimum Gasteiger partial charge on any atom is -0.382 e. The molecule has 0 saturated heterocycles. The second-order valence-corrected chi connectivity index (χ2v) is 4.81. The number of anilines is 1. The van der Waals surface area contributed by atoms with E-state index in [-0.39, 0.29) is 17.1 Å². The van der Waals surface area contributed by atoms with Crippen molar-refractivity contribution in [3.8, 4) is 0 Å². The number of nitrogens with one attached hydrogen (secondary N) is 2. The van der Waals surface area contributed by atoms with Gasteiger partial charge in [0.2, 0.25) is 0 Å². The lowest BCUT2D eigenvalue weighted by Gasteiger charge is -2.22. The Labute approximate surface area is 95.8 Å². The van der Waals surface area contributed by atoms with Crippen LogP contribution >= 0.6 is 0 Å². The molecule has 1 rings (SSSR count). The molecule has 0 saturated carbocycles. The number of hydrogen-bond acceptors (Lipinski definition) is 3. The zero-order valence-electron chi connectivity index (χ0n) is 10.3. The first kappa shape index (κ1) is 12.5. The predicted molar refractivity (Wildman–Crippen MR) is 64.1 cm³/mol. The number of nitrogens with zero attached hydrogens (tertiary/aromatic N) is 1. The summed E-state index contributed by atoms with van der Waals surface area (Å²) in [6.45, 7) is 8.73. The number of nitrogen functional groups attached to an aromatic ring is 1. The van der Waals surface area contributed by atoms with Crippen LogP contribution in [0.4, 0.5) is 5.82 Å². The third-order valence-corrected chi connectivity index (χ3v) is 2.89. The van der Waals surface area contributed by atoms with E-state index in [4.69, 9.17) is 5.73 Å². The number of carbonyl (C=O) groups excluding carboxylic acids is 1. The van der Waals surface area contributed by atoms with E-state index in [1.807, 2.05) is 0 Å². The Morgan fingerprint density at radius 2 is 2.19 bits per heavy atom. The highest BCUT2D eigenvalue weighted by molar-refractivity contribution is 5.99. The highest BCUT2D eigenvalue weighted by Crippen LogP contribution is 2.18. The van der Waals surface area contributed by atoms with Gasteiger partial charge in [0.05, 0.1) is 0 Å². The fourth-order valence-electron chi connectivity index (χ4n) is 1.27. The van der Waals surface area contributed by atoms with E-state index >= 15 is 0 Å². The first-order valence-corrected chi connectivity index (χ1v) is 5.46. The van der Waals surface area contributed by atoms with Crippen molar-refractivity contribution in [3.05, 3.63) is 11.3 Å². The van der Waals surface area contributed by atoms with Crippen LogP contribution in [0, 0.1) is 12.3 Å². The maximum Gasteiger partial charge on any atom is 0.256 e. The van der Waals surface area contributed by atoms with Gasteiger partial charge in [-0.25, -0.2) is 0 Å². The van der Waals surface area contributed by atoms with Gasteiger partial charge >= 0.3 is 0 Å². The molecule has 0 aliphatic rings. The Kier molecular flexibility index (Phi) is 3.57. The van der Waals surface area contributed by atoms with Gasteiger partial charge in [-0.2, -0.15) is 5.10 Å². The van der Waals surface area contributed by atoms with Gasteiger partial charge < -0.3 is 11.1 Å². The van der Waals surface area contributed by atoms with Crippen LogP contribution in [0.2, 0.25) is 0 Å². The number of nitrogens with two attached hydrogens (primary N) is 1. The molecule has 0 bridgehead atoms. The third kappa shape index (κ3) is 2.74. The van der Waals surface area contributed by atoms with Crippen molar-refractivity contribution in [2.75, 3.05) is 12.3 Å². The smallest absolute Gasteiger partial charge is 0.256 e. The maximum absolute atomic E-state index is 11.9. The van der Waals surface area contributed by atoms with E-state index < -0.39 is 0 Å². The molecular formula is C11H20N4O. The summed E-state index contributed by atoms with van der Waals surface area (Å²) >= 11 is 0. The van der Waals surface area contributed by atoms with Gasteiger partial charge in [-0.05, 0) is 18.8 Å². The van der Waals surface area contributed by atoms with Crippen LogP contribution in [0.25, 0.3) is 0 Å². The molecule has 1 heterocycles. The van der Waals surface area contributed by atoms with E-state index in [9.17, 15) is 4.79 Å². The van der Waals surface area contributed by atoms with Gasteiger partial charge in [-0.1, -0.05) is 20.8 Å². The van der Waals surface area contributed by atoms with E-state index in [0.717, 1.165) is 6.42 Å². The lowest BCUT2D eigenvalue weighted by Crippen LogP contribution is -2.34. The number of hydrogen-bond donors (Lipinski definition) is 3. The van der Waals surface area contributed by atoms with Gasteiger partial charge in [0.1, 0.15) is 5.56 Å². The molecular weight excluding hydrogens is 204 g/mol. The molecule has 5 nitrogen and oxygen atoms in total. The molecule has 0 aliphatic heterocycles. The highest BCUT2D eigenvalue weighted by Gasteiger charge is 2.20. The van der Waals surface area contributed by atoms with Crippen molar-refractivity contribution in [3.63, 3.8) is 0 Å². The Morgan fingerprint density at radius 1 is 1.56 bits per heavy atom. The molecule has 0 aliphatic carbocycles. The number of rotatable bonds is 4. The molecule has 4 N–H and O–H groups in total. The largest absolute Gasteiger partial charge is 0.382 e. The number of carbonyl (C=O) groups is 1. The highest BCUT2D eigenvalue weighted by atomic mass is 16.1. The first-order chi connectivity index (χ1) is 7.37. The number of aromatic amines is 1. The van der Waals surface area contributed by atoms with Crippen molar-refractivity contribution in [2.45, 2.75) is 34.1 Å². The average molecular weight is 224 g/mol. The molecule has 0 atom stereocenters. The Bertz CT molecular complexity index is 362. The monoisotopic (exact) mass is 224 g/mol. The maximum atomic E-state index is 11.9. The number of H-pyrrole nitrogens is 1. The summed E-state index contributed by atoms with van der Waals surface area (Å²) in [6.07, 6.45) is 1.01. The summed E-state index contributed by atoms with van der Waals surface area (Å²) in [5.74, 6) is 0.0922. The second kappa shape index (κ2) is 4.55. The molecule has 0 fully saturated rings. The fourth-order valence-corrected chi connectivity index (χ4v) is 1.27. The zero-order chi connectivity index (χ0) is 12.3. The van der Waals surface area contributed by atoms with E-state index in [0.29, 0.717) is 17.8 Å². The van der Waals surface area contributed by atoms with Crippen LogP contribution in [0.1, 0.15) is 43.2 Å². The van der Waals surface area contributed by atoms with Gasteiger partial charge in [0.25, 0.3) is 5.91 Å². The van der Waals surface area contributed by atoms with Crippen LogP contribution in [0.15, 0.2) is 0 Å². The van der Waals surface area contributed by atoms with Crippen LogP contribution in [-0.2, 0) is 0 Å². The molecule has 1 amide bonds. The van der Waals surface area contributed by atoms with Gasteiger partial charge in [-0.3, -0.25) is 9.89 Å². The molecule has 1 aromatic rings. The quantitative estimate of drug-likeness (QED) is 0.724. The Hall–Kier alpha value is -1.52. The average Bonchev–Trinajstić information content (AvgIpc) is 2.55. The predicted octanol–water partition coefficient (Wildman–Crippen LogP) is 1.47. The van der Waals surface area contributed by atoms with Crippen molar-refractivity contribution >= 4 is 11.7 Å². The van der Waals surface area contributed by atoms with Gasteiger partial charge in [0.15, 0.2) is 5.82 Å². The lowest BCUT2D eigenvalue weighted by atomic mass is 9.90.